The number of hydrogen-bond donors (Lipinski definition) is 1. The molecule has 70 valence electrons. The Balaban J connectivity index is 1.92. The zero-order valence-corrected chi connectivity index (χ0v) is 7.69. The number of hydrogen-bond acceptors (Lipinski definition) is 3. The Morgan fingerprint density at radius 1 is 1.62 bits per heavy atom. The second-order valence-corrected chi connectivity index (χ2v) is 3.51. The predicted molar refractivity (Wildman–Crippen MR) is 52.1 cm³/mol. The van der Waals surface area contributed by atoms with E-state index in [9.17, 15) is 0 Å². The molecule has 1 unspecified atom stereocenters. The van der Waals surface area contributed by atoms with Gasteiger partial charge in [-0.05, 0) is 18.1 Å². The van der Waals surface area contributed by atoms with Gasteiger partial charge in [0.05, 0.1) is 0 Å². The molecule has 13 heavy (non-hydrogen) atoms. The molecule has 0 spiro atoms. The first-order valence-electron chi connectivity index (χ1n) is 4.73. The van der Waals surface area contributed by atoms with Crippen molar-refractivity contribution in [2.75, 3.05) is 13.1 Å². The van der Waals surface area contributed by atoms with Crippen molar-refractivity contribution in [1.29, 1.82) is 0 Å². The Bertz CT molecular complexity index is 258. The van der Waals surface area contributed by atoms with Crippen molar-refractivity contribution in [2.24, 2.45) is 5.73 Å². The lowest BCUT2D eigenvalue weighted by atomic mass is 10.0. The summed E-state index contributed by atoms with van der Waals surface area (Å²) in [6.07, 6.45) is 4.97. The van der Waals surface area contributed by atoms with E-state index < -0.39 is 0 Å². The van der Waals surface area contributed by atoms with E-state index in [4.69, 9.17) is 5.73 Å². The van der Waals surface area contributed by atoms with Crippen molar-refractivity contribution in [2.45, 2.75) is 19.0 Å². The normalized spacial score (nSPS) is 22.7. The van der Waals surface area contributed by atoms with E-state index in [0.29, 0.717) is 6.04 Å². The predicted octanol–water partition coefficient (Wildman–Crippen LogP) is 0.615. The van der Waals surface area contributed by atoms with Gasteiger partial charge in [0, 0.05) is 38.1 Å². The SMILES string of the molecule is NCC1CCN1Cc1cccnc1. The molecule has 1 aromatic heterocycles. The van der Waals surface area contributed by atoms with Gasteiger partial charge < -0.3 is 5.73 Å². The number of nitrogens with two attached hydrogens (primary N) is 1. The molecular formula is C10H15N3. The highest BCUT2D eigenvalue weighted by Crippen LogP contribution is 2.18. The van der Waals surface area contributed by atoms with E-state index in [2.05, 4.69) is 16.0 Å². The third-order valence-corrected chi connectivity index (χ3v) is 2.65. The molecule has 0 saturated carbocycles. The summed E-state index contributed by atoms with van der Waals surface area (Å²) in [5, 5.41) is 0. The van der Waals surface area contributed by atoms with Crippen LogP contribution in [0.5, 0.6) is 0 Å². The molecule has 3 heteroatoms. The van der Waals surface area contributed by atoms with Crippen LogP contribution in [0.1, 0.15) is 12.0 Å². The first-order chi connectivity index (χ1) is 6.40. The third-order valence-electron chi connectivity index (χ3n) is 2.65. The molecule has 1 aromatic rings. The monoisotopic (exact) mass is 177 g/mol. The second kappa shape index (κ2) is 3.85. The van der Waals surface area contributed by atoms with Crippen molar-refractivity contribution in [3.05, 3.63) is 30.1 Å². The molecule has 0 bridgehead atoms. The maximum atomic E-state index is 5.62. The lowest BCUT2D eigenvalue weighted by Gasteiger charge is -2.40. The molecule has 2 rings (SSSR count). The minimum absolute atomic E-state index is 0.597. The minimum Gasteiger partial charge on any atom is -0.329 e. The number of pyridine rings is 1. The van der Waals surface area contributed by atoms with Crippen molar-refractivity contribution in [3.8, 4) is 0 Å². The van der Waals surface area contributed by atoms with Crippen LogP contribution < -0.4 is 5.73 Å². The molecule has 1 saturated heterocycles. The topological polar surface area (TPSA) is 42.1 Å². The highest BCUT2D eigenvalue weighted by Gasteiger charge is 2.25. The van der Waals surface area contributed by atoms with Crippen LogP contribution in [0.15, 0.2) is 24.5 Å². The highest BCUT2D eigenvalue weighted by molar-refractivity contribution is 5.09. The Morgan fingerprint density at radius 3 is 3.08 bits per heavy atom. The van der Waals surface area contributed by atoms with E-state index in [1.807, 2.05) is 12.3 Å². The summed E-state index contributed by atoms with van der Waals surface area (Å²) in [5.41, 5.74) is 6.90. The highest BCUT2D eigenvalue weighted by atomic mass is 15.2. The molecule has 0 aliphatic carbocycles. The van der Waals surface area contributed by atoms with Crippen LogP contribution in [0.2, 0.25) is 0 Å². The molecule has 0 aromatic carbocycles. The molecule has 0 radical (unpaired) electrons. The molecule has 1 aliphatic rings. The molecule has 2 heterocycles. The number of nitrogens with zero attached hydrogens (tertiary/aromatic N) is 2. The van der Waals surface area contributed by atoms with Gasteiger partial charge in [0.1, 0.15) is 0 Å². The largest absolute Gasteiger partial charge is 0.329 e. The van der Waals surface area contributed by atoms with Gasteiger partial charge in [-0.15, -0.1) is 0 Å². The van der Waals surface area contributed by atoms with E-state index in [1.165, 1.54) is 18.5 Å². The van der Waals surface area contributed by atoms with Gasteiger partial charge in [0.2, 0.25) is 0 Å². The second-order valence-electron chi connectivity index (χ2n) is 3.51. The minimum atomic E-state index is 0.597. The lowest BCUT2D eigenvalue weighted by Crippen LogP contribution is -2.50. The lowest BCUT2D eigenvalue weighted by molar-refractivity contribution is 0.0881. The van der Waals surface area contributed by atoms with Crippen molar-refractivity contribution < 1.29 is 0 Å². The Morgan fingerprint density at radius 2 is 2.54 bits per heavy atom. The van der Waals surface area contributed by atoms with E-state index in [0.717, 1.165) is 13.1 Å². The van der Waals surface area contributed by atoms with E-state index >= 15 is 0 Å². The quantitative estimate of drug-likeness (QED) is 0.735. The molecule has 1 fully saturated rings. The van der Waals surface area contributed by atoms with Crippen LogP contribution in [0.3, 0.4) is 0 Å². The van der Waals surface area contributed by atoms with Gasteiger partial charge in [-0.1, -0.05) is 6.07 Å². The van der Waals surface area contributed by atoms with Crippen LogP contribution in [0.25, 0.3) is 0 Å². The summed E-state index contributed by atoms with van der Waals surface area (Å²) < 4.78 is 0. The van der Waals surface area contributed by atoms with E-state index in [1.54, 1.807) is 6.20 Å². The van der Waals surface area contributed by atoms with Gasteiger partial charge in [-0.25, -0.2) is 0 Å². The molecule has 3 nitrogen and oxygen atoms in total. The van der Waals surface area contributed by atoms with Crippen molar-refractivity contribution in [1.82, 2.24) is 9.88 Å². The zero-order valence-electron chi connectivity index (χ0n) is 7.69. The van der Waals surface area contributed by atoms with Crippen molar-refractivity contribution in [3.63, 3.8) is 0 Å². The first kappa shape index (κ1) is 8.66. The van der Waals surface area contributed by atoms with Crippen LogP contribution in [-0.4, -0.2) is 29.0 Å². The Hall–Kier alpha value is -0.930. The molecule has 2 N–H and O–H groups in total. The summed E-state index contributed by atoms with van der Waals surface area (Å²) in [7, 11) is 0. The zero-order chi connectivity index (χ0) is 9.10. The van der Waals surface area contributed by atoms with Gasteiger partial charge in [0.25, 0.3) is 0 Å². The fraction of sp³-hybridized carbons (Fsp3) is 0.500. The summed E-state index contributed by atoms with van der Waals surface area (Å²) in [6.45, 7) is 2.95. The Kier molecular flexibility index (Phi) is 2.57. The number of aromatic nitrogens is 1. The standard InChI is InChI=1S/C10H15N3/c11-6-10-3-5-13(10)8-9-2-1-4-12-7-9/h1-2,4,7,10H,3,5-6,8,11H2. The first-order valence-corrected chi connectivity index (χ1v) is 4.73. The Labute approximate surface area is 78.6 Å². The summed E-state index contributed by atoms with van der Waals surface area (Å²) >= 11 is 0. The van der Waals surface area contributed by atoms with Gasteiger partial charge in [-0.2, -0.15) is 0 Å². The van der Waals surface area contributed by atoms with Crippen molar-refractivity contribution >= 4 is 0 Å². The van der Waals surface area contributed by atoms with Crippen LogP contribution in [0, 0.1) is 0 Å². The third kappa shape index (κ3) is 1.87. The van der Waals surface area contributed by atoms with E-state index in [-0.39, 0.29) is 0 Å². The molecular weight excluding hydrogens is 162 g/mol. The summed E-state index contributed by atoms with van der Waals surface area (Å²) in [4.78, 5) is 6.49. The maximum absolute atomic E-state index is 5.62. The van der Waals surface area contributed by atoms with Crippen LogP contribution in [0.4, 0.5) is 0 Å². The maximum Gasteiger partial charge on any atom is 0.0312 e. The number of rotatable bonds is 3. The fourth-order valence-corrected chi connectivity index (χ4v) is 1.70. The summed E-state index contributed by atoms with van der Waals surface area (Å²) in [6, 6.07) is 4.69. The average molecular weight is 177 g/mol. The molecule has 1 atom stereocenters. The number of likely N-dealkylation sites (tertiary alicyclic amines) is 1. The summed E-state index contributed by atoms with van der Waals surface area (Å²) in [5.74, 6) is 0. The van der Waals surface area contributed by atoms with Gasteiger partial charge in [-0.3, -0.25) is 9.88 Å². The fourth-order valence-electron chi connectivity index (χ4n) is 1.70. The molecule has 1 aliphatic heterocycles. The van der Waals surface area contributed by atoms with Crippen LogP contribution >= 0.6 is 0 Å². The smallest absolute Gasteiger partial charge is 0.0312 e. The average Bonchev–Trinajstić information content (AvgIpc) is 2.15. The van der Waals surface area contributed by atoms with Crippen LogP contribution in [-0.2, 0) is 6.54 Å². The van der Waals surface area contributed by atoms with Gasteiger partial charge >= 0.3 is 0 Å². The molecule has 0 amide bonds. The van der Waals surface area contributed by atoms with Gasteiger partial charge in [0.15, 0.2) is 0 Å².